The minimum atomic E-state index is 0.623. The summed E-state index contributed by atoms with van der Waals surface area (Å²) in [5, 5.41) is 9.92. The Hall–Kier alpha value is -7.75. The molecule has 3 heteroatoms. The van der Waals surface area contributed by atoms with Crippen LogP contribution in [-0.4, -0.2) is 15.0 Å². The fraction of sp³-hybridized carbons (Fsp3) is 0. The molecular weight excluding hydrogens is 703 g/mol. The lowest BCUT2D eigenvalue weighted by Gasteiger charge is -2.18. The summed E-state index contributed by atoms with van der Waals surface area (Å²) in [6.45, 7) is 0. The Morgan fingerprint density at radius 1 is 0.207 bits per heavy atom. The Morgan fingerprint density at radius 2 is 0.586 bits per heavy atom. The average molecular weight is 738 g/mol. The van der Waals surface area contributed by atoms with Gasteiger partial charge in [-0.2, -0.15) is 0 Å². The van der Waals surface area contributed by atoms with Crippen molar-refractivity contribution in [3.8, 4) is 67.5 Å². The minimum absolute atomic E-state index is 0.623. The van der Waals surface area contributed by atoms with E-state index in [9.17, 15) is 0 Å². The van der Waals surface area contributed by atoms with Crippen LogP contribution in [0.1, 0.15) is 0 Å². The molecule has 0 aliphatic rings. The number of hydrogen-bond acceptors (Lipinski definition) is 3. The molecule has 0 atom stereocenters. The van der Waals surface area contributed by atoms with E-state index in [2.05, 4.69) is 200 Å². The summed E-state index contributed by atoms with van der Waals surface area (Å²) in [5.41, 5.74) is 9.50. The Bertz CT molecular complexity index is 3230. The first-order chi connectivity index (χ1) is 28.8. The van der Waals surface area contributed by atoms with Crippen LogP contribution in [0.25, 0.3) is 111 Å². The molecule has 0 aliphatic heterocycles. The van der Waals surface area contributed by atoms with Gasteiger partial charge in [0.05, 0.1) is 0 Å². The summed E-state index contributed by atoms with van der Waals surface area (Å²) < 4.78 is 0. The maximum Gasteiger partial charge on any atom is 0.164 e. The predicted molar refractivity (Wildman–Crippen MR) is 242 cm³/mol. The Balaban J connectivity index is 1.16. The topological polar surface area (TPSA) is 38.7 Å². The van der Waals surface area contributed by atoms with Crippen molar-refractivity contribution in [1.82, 2.24) is 15.0 Å². The third kappa shape index (κ3) is 5.80. The molecule has 0 radical (unpaired) electrons. The molecule has 0 saturated heterocycles. The van der Waals surface area contributed by atoms with E-state index in [4.69, 9.17) is 15.0 Å². The molecular formula is C55H35N3. The van der Waals surface area contributed by atoms with Crippen LogP contribution in [0, 0.1) is 0 Å². The van der Waals surface area contributed by atoms with E-state index in [-0.39, 0.29) is 0 Å². The maximum atomic E-state index is 5.31. The van der Waals surface area contributed by atoms with E-state index in [0.717, 1.165) is 50.1 Å². The zero-order chi connectivity index (χ0) is 38.4. The van der Waals surface area contributed by atoms with Crippen molar-refractivity contribution in [1.29, 1.82) is 0 Å². The van der Waals surface area contributed by atoms with Crippen molar-refractivity contribution in [3.63, 3.8) is 0 Å². The molecule has 11 rings (SSSR count). The summed E-state index contributed by atoms with van der Waals surface area (Å²) in [6, 6.07) is 75.2. The van der Waals surface area contributed by atoms with Crippen LogP contribution in [0.3, 0.4) is 0 Å². The fourth-order valence-corrected chi connectivity index (χ4v) is 8.59. The molecule has 11 aromatic rings. The predicted octanol–water partition coefficient (Wildman–Crippen LogP) is 14.5. The minimum Gasteiger partial charge on any atom is -0.208 e. The third-order valence-electron chi connectivity index (χ3n) is 11.3. The molecule has 1 heterocycles. The summed E-state index contributed by atoms with van der Waals surface area (Å²) in [4.78, 5) is 15.8. The molecule has 0 amide bonds. The molecule has 0 aliphatic carbocycles. The van der Waals surface area contributed by atoms with Crippen LogP contribution in [0.5, 0.6) is 0 Å². The summed E-state index contributed by atoms with van der Waals surface area (Å²) in [7, 11) is 0. The van der Waals surface area contributed by atoms with Crippen LogP contribution in [-0.2, 0) is 0 Å². The largest absolute Gasteiger partial charge is 0.208 e. The number of benzene rings is 10. The summed E-state index contributed by atoms with van der Waals surface area (Å²) in [6.07, 6.45) is 0. The molecule has 0 spiro atoms. The van der Waals surface area contributed by atoms with Crippen molar-refractivity contribution in [2.24, 2.45) is 0 Å². The van der Waals surface area contributed by atoms with Crippen molar-refractivity contribution in [3.05, 3.63) is 212 Å². The van der Waals surface area contributed by atoms with Crippen molar-refractivity contribution < 1.29 is 0 Å². The second-order valence-electron chi connectivity index (χ2n) is 14.7. The quantitative estimate of drug-likeness (QED) is 0.160. The highest BCUT2D eigenvalue weighted by Crippen LogP contribution is 2.44. The van der Waals surface area contributed by atoms with E-state index in [1.165, 1.54) is 43.1 Å². The van der Waals surface area contributed by atoms with Crippen LogP contribution in [0.2, 0.25) is 0 Å². The highest BCUT2D eigenvalue weighted by atomic mass is 15.0. The lowest BCUT2D eigenvalue weighted by atomic mass is 9.86. The van der Waals surface area contributed by atoms with Crippen molar-refractivity contribution in [2.45, 2.75) is 0 Å². The SMILES string of the molecule is c1ccc(-c2cccc(-c3nc(-c4cccc(-c5ccccc5)c4)nc(-c4ccccc4-c4cc5c6ccccc6c6ccccc6c5c5ccccc45)n3)c2)cc1. The van der Waals surface area contributed by atoms with Crippen LogP contribution in [0.15, 0.2) is 212 Å². The highest BCUT2D eigenvalue weighted by Gasteiger charge is 2.20. The molecule has 0 unspecified atom stereocenters. The van der Waals surface area contributed by atoms with Gasteiger partial charge in [0.1, 0.15) is 0 Å². The second kappa shape index (κ2) is 14.1. The van der Waals surface area contributed by atoms with Gasteiger partial charge in [0.2, 0.25) is 0 Å². The summed E-state index contributed by atoms with van der Waals surface area (Å²) >= 11 is 0. The lowest BCUT2D eigenvalue weighted by molar-refractivity contribution is 1.07. The Kier molecular flexibility index (Phi) is 8.15. The van der Waals surface area contributed by atoms with Gasteiger partial charge in [-0.15, -0.1) is 0 Å². The van der Waals surface area contributed by atoms with Gasteiger partial charge in [-0.1, -0.05) is 194 Å². The first-order valence-corrected chi connectivity index (χ1v) is 19.7. The smallest absolute Gasteiger partial charge is 0.164 e. The number of fused-ring (bicyclic) bond motifs is 8. The molecule has 0 bridgehead atoms. The standard InChI is InChI=1S/C55H35N3/c1-3-17-36(18-4-1)38-21-15-23-40(33-38)53-56-54(41-24-16-22-39(34-41)37-19-5-2-6-20-37)58-55(57-53)49-32-14-11-29-46(49)50-35-51-44-27-8-7-25-42(44)43-26-9-12-30-47(43)52(51)48-31-13-10-28-45(48)50/h1-35H. The van der Waals surface area contributed by atoms with E-state index in [1.54, 1.807) is 0 Å². The van der Waals surface area contributed by atoms with Gasteiger partial charge in [-0.3, -0.25) is 0 Å². The second-order valence-corrected chi connectivity index (χ2v) is 14.7. The van der Waals surface area contributed by atoms with E-state index in [1.807, 2.05) is 12.1 Å². The molecule has 10 aromatic carbocycles. The van der Waals surface area contributed by atoms with Gasteiger partial charge in [-0.25, -0.2) is 15.0 Å². The molecule has 0 fully saturated rings. The van der Waals surface area contributed by atoms with E-state index >= 15 is 0 Å². The zero-order valence-electron chi connectivity index (χ0n) is 31.5. The van der Waals surface area contributed by atoms with Crippen molar-refractivity contribution in [2.75, 3.05) is 0 Å². The molecule has 1 aromatic heterocycles. The maximum absolute atomic E-state index is 5.31. The van der Waals surface area contributed by atoms with E-state index in [0.29, 0.717) is 17.5 Å². The molecule has 0 saturated carbocycles. The highest BCUT2D eigenvalue weighted by molar-refractivity contribution is 6.33. The van der Waals surface area contributed by atoms with E-state index < -0.39 is 0 Å². The molecule has 58 heavy (non-hydrogen) atoms. The third-order valence-corrected chi connectivity index (χ3v) is 11.3. The fourth-order valence-electron chi connectivity index (χ4n) is 8.59. The van der Waals surface area contributed by atoms with Gasteiger partial charge < -0.3 is 0 Å². The Morgan fingerprint density at radius 3 is 1.16 bits per heavy atom. The van der Waals surface area contributed by atoms with Gasteiger partial charge in [-0.05, 0) is 94.7 Å². The van der Waals surface area contributed by atoms with Gasteiger partial charge in [0.25, 0.3) is 0 Å². The number of aromatic nitrogens is 3. The van der Waals surface area contributed by atoms with Gasteiger partial charge in [0.15, 0.2) is 17.5 Å². The number of rotatable bonds is 6. The van der Waals surface area contributed by atoms with Crippen LogP contribution in [0.4, 0.5) is 0 Å². The van der Waals surface area contributed by atoms with Gasteiger partial charge >= 0.3 is 0 Å². The number of nitrogens with zero attached hydrogens (tertiary/aromatic N) is 3. The molecule has 270 valence electrons. The van der Waals surface area contributed by atoms with Crippen LogP contribution < -0.4 is 0 Å². The normalized spacial score (nSPS) is 11.4. The summed E-state index contributed by atoms with van der Waals surface area (Å²) in [5.74, 6) is 1.87. The number of hydrogen-bond donors (Lipinski definition) is 0. The first-order valence-electron chi connectivity index (χ1n) is 19.7. The molecule has 3 nitrogen and oxygen atoms in total. The van der Waals surface area contributed by atoms with Crippen LogP contribution >= 0.6 is 0 Å². The van der Waals surface area contributed by atoms with Gasteiger partial charge in [0, 0.05) is 16.7 Å². The monoisotopic (exact) mass is 737 g/mol. The first kappa shape index (κ1) is 33.6. The van der Waals surface area contributed by atoms with Crippen molar-refractivity contribution >= 4 is 43.1 Å². The average Bonchev–Trinajstić information content (AvgIpc) is 3.31. The Labute approximate surface area is 336 Å². The lowest BCUT2D eigenvalue weighted by Crippen LogP contribution is -2.01. The zero-order valence-corrected chi connectivity index (χ0v) is 31.5. The molecule has 0 N–H and O–H groups in total.